The van der Waals surface area contributed by atoms with Crippen LogP contribution in [0.2, 0.25) is 0 Å². The maximum Gasteiger partial charge on any atom is 0.340 e. The second-order valence-electron chi connectivity index (χ2n) is 6.40. The van der Waals surface area contributed by atoms with Gasteiger partial charge in [-0.15, -0.1) is 0 Å². The van der Waals surface area contributed by atoms with Crippen LogP contribution in [0.4, 0.5) is 5.69 Å². The molecule has 3 rings (SSSR count). The number of aromatic nitrogens is 2. The van der Waals surface area contributed by atoms with Gasteiger partial charge >= 0.3 is 10.1 Å². The summed E-state index contributed by atoms with van der Waals surface area (Å²) in [5.41, 5.74) is 2.74. The van der Waals surface area contributed by atoms with Gasteiger partial charge in [0.2, 0.25) is 11.8 Å². The smallest absolute Gasteiger partial charge is 0.340 e. The normalized spacial score (nSPS) is 11.3. The molecule has 2 aromatic carbocycles. The maximum absolute atomic E-state index is 12.8. The standard InChI is InChI=1S/C20H21N3O5S/c1-14-4-8-18(9-5-14)23-20(12-17(22-23)13-27-3)28-29(25,26)19-10-6-16(7-11-19)21-15(2)24/h4-12H,13H2,1-3H3,(H,21,24). The van der Waals surface area contributed by atoms with Crippen LogP contribution >= 0.6 is 0 Å². The lowest BCUT2D eigenvalue weighted by Crippen LogP contribution is -2.13. The predicted octanol–water partition coefficient (Wildman–Crippen LogP) is 3.05. The molecule has 0 aliphatic heterocycles. The van der Waals surface area contributed by atoms with Crippen molar-refractivity contribution in [1.29, 1.82) is 0 Å². The zero-order valence-corrected chi connectivity index (χ0v) is 17.1. The number of hydrogen-bond donors (Lipinski definition) is 1. The van der Waals surface area contributed by atoms with Crippen LogP contribution in [0.25, 0.3) is 5.69 Å². The van der Waals surface area contributed by atoms with Crippen molar-refractivity contribution in [2.75, 3.05) is 12.4 Å². The van der Waals surface area contributed by atoms with Gasteiger partial charge in [0.05, 0.1) is 18.0 Å². The van der Waals surface area contributed by atoms with Crippen molar-refractivity contribution < 1.29 is 22.1 Å². The molecule has 0 atom stereocenters. The molecule has 0 aliphatic rings. The van der Waals surface area contributed by atoms with Crippen LogP contribution in [0.3, 0.4) is 0 Å². The topological polar surface area (TPSA) is 99.5 Å². The minimum atomic E-state index is -4.11. The summed E-state index contributed by atoms with van der Waals surface area (Å²) in [6, 6.07) is 14.7. The molecule has 9 heteroatoms. The van der Waals surface area contributed by atoms with Crippen LogP contribution in [-0.4, -0.2) is 31.2 Å². The van der Waals surface area contributed by atoms with Gasteiger partial charge in [-0.1, -0.05) is 17.7 Å². The van der Waals surface area contributed by atoms with E-state index in [4.69, 9.17) is 8.92 Å². The van der Waals surface area contributed by atoms with E-state index >= 15 is 0 Å². The van der Waals surface area contributed by atoms with Crippen molar-refractivity contribution in [2.45, 2.75) is 25.3 Å². The van der Waals surface area contributed by atoms with Crippen molar-refractivity contribution in [3.05, 3.63) is 65.9 Å². The monoisotopic (exact) mass is 415 g/mol. The van der Waals surface area contributed by atoms with Crippen LogP contribution in [0.15, 0.2) is 59.5 Å². The Balaban J connectivity index is 1.93. The van der Waals surface area contributed by atoms with E-state index in [2.05, 4.69) is 10.4 Å². The summed E-state index contributed by atoms with van der Waals surface area (Å²) in [6.07, 6.45) is 0. The molecule has 0 saturated carbocycles. The quantitative estimate of drug-likeness (QED) is 0.596. The summed E-state index contributed by atoms with van der Waals surface area (Å²) < 4.78 is 37.4. The van der Waals surface area contributed by atoms with Gasteiger partial charge in [0, 0.05) is 25.8 Å². The number of amides is 1. The first kappa shape index (κ1) is 20.6. The Labute approximate surface area is 169 Å². The molecule has 0 bridgehead atoms. The Kier molecular flexibility index (Phi) is 6.00. The van der Waals surface area contributed by atoms with Crippen molar-refractivity contribution in [3.63, 3.8) is 0 Å². The second-order valence-corrected chi connectivity index (χ2v) is 7.94. The lowest BCUT2D eigenvalue weighted by molar-refractivity contribution is -0.114. The fourth-order valence-electron chi connectivity index (χ4n) is 2.63. The van der Waals surface area contributed by atoms with E-state index in [1.807, 2.05) is 31.2 Å². The summed E-state index contributed by atoms with van der Waals surface area (Å²) in [4.78, 5) is 11.1. The average molecular weight is 415 g/mol. The first-order valence-electron chi connectivity index (χ1n) is 8.75. The number of anilines is 1. The van der Waals surface area contributed by atoms with Gasteiger partial charge < -0.3 is 14.2 Å². The number of nitrogens with zero attached hydrogens (tertiary/aromatic N) is 2. The fourth-order valence-corrected chi connectivity index (χ4v) is 3.54. The summed E-state index contributed by atoms with van der Waals surface area (Å²) >= 11 is 0. The molecule has 0 fully saturated rings. The van der Waals surface area contributed by atoms with E-state index in [1.165, 1.54) is 49.0 Å². The molecule has 0 radical (unpaired) electrons. The number of aryl methyl sites for hydroxylation is 1. The SMILES string of the molecule is COCc1cc(OS(=O)(=O)c2ccc(NC(C)=O)cc2)n(-c2ccc(C)cc2)n1. The molecule has 0 spiro atoms. The van der Waals surface area contributed by atoms with E-state index in [-0.39, 0.29) is 23.3 Å². The molecule has 3 aromatic rings. The highest BCUT2D eigenvalue weighted by Gasteiger charge is 2.21. The van der Waals surface area contributed by atoms with Crippen LogP contribution in [-0.2, 0) is 26.3 Å². The minimum Gasteiger partial charge on any atom is -0.378 e. The summed E-state index contributed by atoms with van der Waals surface area (Å²) in [5.74, 6) is -0.198. The summed E-state index contributed by atoms with van der Waals surface area (Å²) in [6.45, 7) is 3.54. The molecule has 1 N–H and O–H groups in total. The van der Waals surface area contributed by atoms with Gasteiger partial charge in [0.25, 0.3) is 0 Å². The molecule has 0 unspecified atom stereocenters. The molecule has 29 heavy (non-hydrogen) atoms. The van der Waals surface area contributed by atoms with Gasteiger partial charge in [-0.3, -0.25) is 4.79 Å². The third kappa shape index (κ3) is 5.01. The van der Waals surface area contributed by atoms with Gasteiger partial charge in [-0.25, -0.2) is 0 Å². The number of ether oxygens (including phenoxy) is 1. The Morgan fingerprint density at radius 2 is 1.76 bits per heavy atom. The van der Waals surface area contributed by atoms with Gasteiger partial charge in [0.15, 0.2) is 0 Å². The maximum atomic E-state index is 12.8. The highest BCUT2D eigenvalue weighted by atomic mass is 32.2. The first-order valence-corrected chi connectivity index (χ1v) is 10.2. The van der Waals surface area contributed by atoms with E-state index in [0.717, 1.165) is 5.56 Å². The molecule has 0 saturated heterocycles. The van der Waals surface area contributed by atoms with Crippen molar-refractivity contribution in [1.82, 2.24) is 9.78 Å². The number of hydrogen-bond acceptors (Lipinski definition) is 6. The number of carbonyl (C=O) groups is 1. The summed E-state index contributed by atoms with van der Waals surface area (Å²) in [5, 5.41) is 6.96. The zero-order valence-electron chi connectivity index (χ0n) is 16.2. The van der Waals surface area contributed by atoms with Crippen LogP contribution in [0.1, 0.15) is 18.2 Å². The first-order chi connectivity index (χ1) is 13.8. The van der Waals surface area contributed by atoms with Crippen LogP contribution < -0.4 is 9.50 Å². The van der Waals surface area contributed by atoms with Gasteiger partial charge in [-0.05, 0) is 43.3 Å². The Morgan fingerprint density at radius 3 is 2.34 bits per heavy atom. The number of benzene rings is 2. The van der Waals surface area contributed by atoms with Crippen LogP contribution in [0.5, 0.6) is 5.88 Å². The lowest BCUT2D eigenvalue weighted by Gasteiger charge is -2.10. The van der Waals surface area contributed by atoms with Gasteiger partial charge in [0.1, 0.15) is 4.90 Å². The number of carbonyl (C=O) groups excluding carboxylic acids is 1. The van der Waals surface area contributed by atoms with Crippen LogP contribution in [0, 0.1) is 6.92 Å². The third-order valence-corrected chi connectivity index (χ3v) is 5.20. The van der Waals surface area contributed by atoms with E-state index in [1.54, 1.807) is 0 Å². The summed E-state index contributed by atoms with van der Waals surface area (Å²) in [7, 11) is -2.59. The Hall–Kier alpha value is -3.17. The molecule has 152 valence electrons. The highest BCUT2D eigenvalue weighted by Crippen LogP contribution is 2.25. The minimum absolute atomic E-state index is 0.0449. The lowest BCUT2D eigenvalue weighted by atomic mass is 10.2. The number of rotatable bonds is 7. The van der Waals surface area contributed by atoms with Crippen molar-refractivity contribution in [2.24, 2.45) is 0 Å². The number of nitrogens with one attached hydrogen (secondary N) is 1. The molecule has 1 amide bonds. The molecule has 8 nitrogen and oxygen atoms in total. The van der Waals surface area contributed by atoms with Gasteiger partial charge in [-0.2, -0.15) is 18.2 Å². The Morgan fingerprint density at radius 1 is 1.10 bits per heavy atom. The molecular weight excluding hydrogens is 394 g/mol. The highest BCUT2D eigenvalue weighted by molar-refractivity contribution is 7.87. The molecule has 1 heterocycles. The molecular formula is C20H21N3O5S. The van der Waals surface area contributed by atoms with E-state index in [0.29, 0.717) is 17.1 Å². The number of methoxy groups -OCH3 is 1. The molecule has 1 aromatic heterocycles. The zero-order chi connectivity index (χ0) is 21.0. The average Bonchev–Trinajstić information content (AvgIpc) is 3.04. The third-order valence-electron chi connectivity index (χ3n) is 3.96. The van der Waals surface area contributed by atoms with E-state index < -0.39 is 10.1 Å². The van der Waals surface area contributed by atoms with Crippen molar-refractivity contribution >= 4 is 21.7 Å². The predicted molar refractivity (Wildman–Crippen MR) is 108 cm³/mol. The fraction of sp³-hybridized carbons (Fsp3) is 0.200. The second kappa shape index (κ2) is 8.46. The Bertz CT molecular complexity index is 1100. The largest absolute Gasteiger partial charge is 0.378 e. The molecule has 0 aliphatic carbocycles. The van der Waals surface area contributed by atoms with Crippen molar-refractivity contribution in [3.8, 4) is 11.6 Å². The van der Waals surface area contributed by atoms with E-state index in [9.17, 15) is 13.2 Å².